The molecule has 0 bridgehead atoms. The van der Waals surface area contributed by atoms with Gasteiger partial charge in [0.05, 0.1) is 25.3 Å². The number of alkyl halides is 4. The number of benzene rings is 2. The molecular weight excluding hydrogens is 506 g/mol. The maximum Gasteiger partial charge on any atom is 0.401 e. The van der Waals surface area contributed by atoms with Crippen LogP contribution in [0.3, 0.4) is 0 Å². The van der Waals surface area contributed by atoms with E-state index in [9.17, 15) is 17.6 Å². The summed E-state index contributed by atoms with van der Waals surface area (Å²) >= 11 is 0. The summed E-state index contributed by atoms with van der Waals surface area (Å²) in [4.78, 5) is 6.45. The van der Waals surface area contributed by atoms with Gasteiger partial charge in [0, 0.05) is 53.5 Å². The second kappa shape index (κ2) is 9.48. The number of anilines is 1. The van der Waals surface area contributed by atoms with E-state index in [2.05, 4.69) is 16.4 Å². The molecule has 10 heteroatoms. The van der Waals surface area contributed by atoms with Crippen LogP contribution in [0.5, 0.6) is 0 Å². The van der Waals surface area contributed by atoms with Crippen LogP contribution in [0.4, 0.5) is 32.0 Å². The van der Waals surface area contributed by atoms with E-state index >= 15 is 8.78 Å². The minimum Gasteiger partial charge on any atom is -0.380 e. The lowest BCUT2D eigenvalue weighted by atomic mass is 9.84. The third-order valence-corrected chi connectivity index (χ3v) is 8.24. The van der Waals surface area contributed by atoms with E-state index in [0.717, 1.165) is 34.2 Å². The summed E-state index contributed by atoms with van der Waals surface area (Å²) in [6.07, 6.45) is -1.84. The summed E-state index contributed by atoms with van der Waals surface area (Å²) in [5.41, 5.74) is 4.31. The number of rotatable bonds is 7. The molecule has 2 atom stereocenters. The predicted octanol–water partition coefficient (Wildman–Crippen LogP) is 5.90. The Morgan fingerprint density at radius 3 is 2.34 bits per heavy atom. The van der Waals surface area contributed by atoms with E-state index in [1.807, 2.05) is 11.0 Å². The fraction of sp³-hybridized carbons (Fsp3) is 0.500. The molecule has 0 amide bonds. The monoisotopic (exact) mass is 536 g/mol. The van der Waals surface area contributed by atoms with E-state index < -0.39 is 43.1 Å². The molecule has 2 aliphatic heterocycles. The largest absolute Gasteiger partial charge is 0.401 e. The Morgan fingerprint density at radius 1 is 1.03 bits per heavy atom. The van der Waals surface area contributed by atoms with Gasteiger partial charge in [0.2, 0.25) is 0 Å². The van der Waals surface area contributed by atoms with Crippen LogP contribution < -0.4 is 5.32 Å². The quantitative estimate of drug-likeness (QED) is 0.369. The fourth-order valence-electron chi connectivity index (χ4n) is 6.31. The topological polar surface area (TPSA) is 34.3 Å². The number of nitrogens with one attached hydrogen (secondary N) is 2. The maximum atomic E-state index is 15.7. The first-order valence-corrected chi connectivity index (χ1v) is 13.1. The van der Waals surface area contributed by atoms with E-state index in [1.165, 1.54) is 23.3 Å². The number of hydrogen-bond donors (Lipinski definition) is 2. The van der Waals surface area contributed by atoms with Gasteiger partial charge in [-0.15, -0.1) is 0 Å². The summed E-state index contributed by atoms with van der Waals surface area (Å²) in [6, 6.07) is 4.56. The number of halogens is 6. The van der Waals surface area contributed by atoms with Crippen molar-refractivity contribution in [2.24, 2.45) is 0 Å². The van der Waals surface area contributed by atoms with Gasteiger partial charge in [-0.1, -0.05) is 0 Å². The van der Waals surface area contributed by atoms with Gasteiger partial charge in [-0.05, 0) is 73.6 Å². The van der Waals surface area contributed by atoms with Crippen molar-refractivity contribution in [3.8, 4) is 0 Å². The molecule has 3 heterocycles. The van der Waals surface area contributed by atoms with E-state index in [4.69, 9.17) is 0 Å². The van der Waals surface area contributed by atoms with Gasteiger partial charge in [-0.3, -0.25) is 14.2 Å². The van der Waals surface area contributed by atoms with Crippen LogP contribution in [-0.4, -0.2) is 65.9 Å². The lowest BCUT2D eigenvalue weighted by molar-refractivity contribution is -0.155. The van der Waals surface area contributed by atoms with Gasteiger partial charge in [0.1, 0.15) is 11.6 Å². The minimum absolute atomic E-state index is 0.0335. The van der Waals surface area contributed by atoms with Crippen LogP contribution in [0.25, 0.3) is 10.9 Å². The summed E-state index contributed by atoms with van der Waals surface area (Å²) in [7, 11) is 0. The van der Waals surface area contributed by atoms with E-state index in [-0.39, 0.29) is 17.3 Å². The summed E-state index contributed by atoms with van der Waals surface area (Å²) in [5, 5.41) is 4.02. The molecule has 3 aliphatic rings. The van der Waals surface area contributed by atoms with E-state index in [1.54, 1.807) is 6.92 Å². The Hall–Kier alpha value is -2.72. The summed E-state index contributed by atoms with van der Waals surface area (Å²) < 4.78 is 84.8. The van der Waals surface area contributed by atoms with E-state index in [0.29, 0.717) is 38.2 Å². The molecule has 1 fully saturated rings. The normalized spacial score (nSPS) is 22.2. The molecule has 3 aromatic rings. The first-order valence-electron chi connectivity index (χ1n) is 13.1. The Morgan fingerprint density at radius 2 is 1.71 bits per heavy atom. The number of likely N-dealkylation sites (tertiary alicyclic amines) is 1. The number of nitrogens with zero attached hydrogens (tertiary/aromatic N) is 2. The van der Waals surface area contributed by atoms with Crippen LogP contribution in [-0.2, 0) is 19.3 Å². The molecule has 2 N–H and O–H groups in total. The zero-order valence-electron chi connectivity index (χ0n) is 21.1. The summed E-state index contributed by atoms with van der Waals surface area (Å²) in [5.74, 6) is -1.77. The number of fused-ring (bicyclic) bond motifs is 4. The molecular formula is C28H30F6N4. The average Bonchev–Trinajstić information content (AvgIpc) is 3.14. The lowest BCUT2D eigenvalue weighted by Crippen LogP contribution is -2.54. The molecule has 4 nitrogen and oxygen atoms in total. The minimum atomic E-state index is -4.54. The zero-order chi connectivity index (χ0) is 26.8. The average molecular weight is 537 g/mol. The van der Waals surface area contributed by atoms with Gasteiger partial charge < -0.3 is 10.3 Å². The molecule has 2 aromatic carbocycles. The Labute approximate surface area is 217 Å². The molecule has 0 radical (unpaired) electrons. The van der Waals surface area contributed by atoms with Crippen molar-refractivity contribution >= 4 is 16.6 Å². The number of hydrogen-bond acceptors (Lipinski definition) is 3. The summed E-state index contributed by atoms with van der Waals surface area (Å²) in [6.45, 7) is 1.90. The first-order chi connectivity index (χ1) is 18.1. The first kappa shape index (κ1) is 25.6. The smallest absolute Gasteiger partial charge is 0.380 e. The molecule has 6 rings (SSSR count). The molecule has 1 aromatic heterocycles. The molecule has 38 heavy (non-hydrogen) atoms. The lowest BCUT2D eigenvalue weighted by Gasteiger charge is -2.41. The number of aromatic nitrogens is 1. The van der Waals surface area contributed by atoms with Gasteiger partial charge in [-0.25, -0.2) is 8.78 Å². The van der Waals surface area contributed by atoms with Crippen molar-refractivity contribution in [2.45, 2.75) is 56.9 Å². The molecule has 0 spiro atoms. The standard InChI is InChI=1S/C28H30F6N4/c1-15-7-21-20-8-16-3-4-17(16)9-24(20)36-26(21)27(38(15)14-28(32,33)34)25-22(30)10-18(11-23(25)31)35-19-12-37(13-19)6-2-5-29/h8-11,15,19,27,35-36H,2-7,12-14H2,1H3. The molecule has 1 aliphatic carbocycles. The second-order valence-corrected chi connectivity index (χ2v) is 10.9. The number of aromatic amines is 1. The Balaban J connectivity index is 1.37. The molecule has 2 unspecified atom stereocenters. The highest BCUT2D eigenvalue weighted by Crippen LogP contribution is 2.45. The molecule has 0 saturated carbocycles. The van der Waals surface area contributed by atoms with Crippen LogP contribution in [0, 0.1) is 11.6 Å². The van der Waals surface area contributed by atoms with Gasteiger partial charge in [0.25, 0.3) is 0 Å². The molecule has 204 valence electrons. The van der Waals surface area contributed by atoms with Gasteiger partial charge in [0.15, 0.2) is 0 Å². The van der Waals surface area contributed by atoms with Gasteiger partial charge in [-0.2, -0.15) is 13.2 Å². The Kier molecular flexibility index (Phi) is 6.38. The SMILES string of the molecule is CC1Cc2c([nH]c3cc4c(cc23)CC4)C(c2c(F)cc(NC3CN(CCCF)C3)cc2F)N1CC(F)(F)F. The van der Waals surface area contributed by atoms with Crippen LogP contribution in [0.2, 0.25) is 0 Å². The third kappa shape index (κ3) is 4.55. The Bertz CT molecular complexity index is 1340. The number of aryl methyl sites for hydroxylation is 2. The van der Waals surface area contributed by atoms with Crippen LogP contribution in [0.15, 0.2) is 24.3 Å². The number of H-pyrrole nitrogens is 1. The highest BCUT2D eigenvalue weighted by atomic mass is 19.4. The predicted molar refractivity (Wildman–Crippen MR) is 134 cm³/mol. The van der Waals surface area contributed by atoms with Crippen molar-refractivity contribution in [2.75, 3.05) is 38.2 Å². The second-order valence-electron chi connectivity index (χ2n) is 10.9. The third-order valence-electron chi connectivity index (χ3n) is 8.24. The van der Waals surface area contributed by atoms with Crippen molar-refractivity contribution in [3.63, 3.8) is 0 Å². The van der Waals surface area contributed by atoms with Crippen LogP contribution in [0.1, 0.15) is 47.3 Å². The maximum absolute atomic E-state index is 15.7. The molecule has 1 saturated heterocycles. The zero-order valence-corrected chi connectivity index (χ0v) is 21.1. The highest BCUT2D eigenvalue weighted by molar-refractivity contribution is 5.87. The van der Waals surface area contributed by atoms with Crippen molar-refractivity contribution in [3.05, 3.63) is 63.8 Å². The van der Waals surface area contributed by atoms with Crippen LogP contribution >= 0.6 is 0 Å². The van der Waals surface area contributed by atoms with Crippen molar-refractivity contribution < 1.29 is 26.3 Å². The fourth-order valence-corrected chi connectivity index (χ4v) is 6.31. The highest BCUT2D eigenvalue weighted by Gasteiger charge is 2.44. The van der Waals surface area contributed by atoms with Crippen molar-refractivity contribution in [1.82, 2.24) is 14.8 Å². The van der Waals surface area contributed by atoms with Gasteiger partial charge >= 0.3 is 6.18 Å². The van der Waals surface area contributed by atoms with Crippen molar-refractivity contribution in [1.29, 1.82) is 0 Å².